The van der Waals surface area contributed by atoms with Gasteiger partial charge in [0, 0.05) is 6.20 Å². The molecule has 0 bridgehead atoms. The standard InChI is InChI=1S/C9H16N2.C2H6/c1-4-7-8(5-2)9(10)11-6-3;1-2/h5-6H,3-4,7H2,1-2H3,(H2,10,11);1-2H3/b8-5-;. The van der Waals surface area contributed by atoms with Gasteiger partial charge in [0.1, 0.15) is 5.84 Å². The molecule has 0 rings (SSSR count). The summed E-state index contributed by atoms with van der Waals surface area (Å²) in [6, 6.07) is 0. The van der Waals surface area contributed by atoms with Crippen LogP contribution in [0.2, 0.25) is 0 Å². The highest BCUT2D eigenvalue weighted by atomic mass is 14.8. The maximum atomic E-state index is 5.64. The van der Waals surface area contributed by atoms with Gasteiger partial charge in [0.15, 0.2) is 0 Å². The highest BCUT2D eigenvalue weighted by molar-refractivity contribution is 5.97. The van der Waals surface area contributed by atoms with Gasteiger partial charge < -0.3 is 5.73 Å². The molecule has 0 atom stereocenters. The van der Waals surface area contributed by atoms with E-state index in [9.17, 15) is 0 Å². The molecule has 0 saturated carbocycles. The molecule has 0 aromatic carbocycles. The maximum Gasteiger partial charge on any atom is 0.126 e. The van der Waals surface area contributed by atoms with E-state index in [2.05, 4.69) is 18.5 Å². The van der Waals surface area contributed by atoms with Crippen molar-refractivity contribution in [3.8, 4) is 0 Å². The number of allylic oxidation sites excluding steroid dienone is 1. The van der Waals surface area contributed by atoms with Gasteiger partial charge in [-0.15, -0.1) is 0 Å². The summed E-state index contributed by atoms with van der Waals surface area (Å²) in [6.07, 6.45) is 5.53. The van der Waals surface area contributed by atoms with Crippen LogP contribution in [0, 0.1) is 0 Å². The zero-order valence-corrected chi connectivity index (χ0v) is 9.30. The number of nitrogens with two attached hydrogens (primary N) is 1. The lowest BCUT2D eigenvalue weighted by atomic mass is 10.1. The molecule has 0 aliphatic rings. The predicted molar refractivity (Wildman–Crippen MR) is 61.8 cm³/mol. The van der Waals surface area contributed by atoms with Crippen LogP contribution in [0.15, 0.2) is 29.4 Å². The zero-order valence-electron chi connectivity index (χ0n) is 9.30. The average molecular weight is 182 g/mol. The van der Waals surface area contributed by atoms with E-state index in [1.807, 2.05) is 26.8 Å². The van der Waals surface area contributed by atoms with Gasteiger partial charge in [-0.05, 0) is 18.9 Å². The van der Waals surface area contributed by atoms with Crippen LogP contribution in [0.5, 0.6) is 0 Å². The molecule has 2 N–H and O–H groups in total. The van der Waals surface area contributed by atoms with E-state index in [4.69, 9.17) is 5.73 Å². The lowest BCUT2D eigenvalue weighted by molar-refractivity contribution is 0.931. The first-order valence-electron chi connectivity index (χ1n) is 4.86. The Morgan fingerprint density at radius 1 is 1.46 bits per heavy atom. The van der Waals surface area contributed by atoms with Crippen LogP contribution in [0.4, 0.5) is 0 Å². The van der Waals surface area contributed by atoms with Gasteiger partial charge in [0.2, 0.25) is 0 Å². The lowest BCUT2D eigenvalue weighted by Crippen LogP contribution is -2.14. The fraction of sp³-hybridized carbons (Fsp3) is 0.545. The highest BCUT2D eigenvalue weighted by Crippen LogP contribution is 2.04. The van der Waals surface area contributed by atoms with Crippen LogP contribution >= 0.6 is 0 Å². The second-order valence-electron chi connectivity index (χ2n) is 2.26. The molecule has 0 heterocycles. The minimum Gasteiger partial charge on any atom is -0.383 e. The smallest absolute Gasteiger partial charge is 0.126 e. The van der Waals surface area contributed by atoms with Gasteiger partial charge in [0.05, 0.1) is 0 Å². The van der Waals surface area contributed by atoms with Crippen molar-refractivity contribution in [1.29, 1.82) is 0 Å². The Morgan fingerprint density at radius 2 is 2.00 bits per heavy atom. The first-order valence-corrected chi connectivity index (χ1v) is 4.86. The molecule has 0 amide bonds. The molecule has 0 aromatic rings. The second kappa shape index (κ2) is 11.0. The molecule has 13 heavy (non-hydrogen) atoms. The van der Waals surface area contributed by atoms with Gasteiger partial charge in [-0.3, -0.25) is 0 Å². The quantitative estimate of drug-likeness (QED) is 0.526. The van der Waals surface area contributed by atoms with E-state index in [-0.39, 0.29) is 0 Å². The average Bonchev–Trinajstić information content (AvgIpc) is 2.17. The van der Waals surface area contributed by atoms with Crippen molar-refractivity contribution < 1.29 is 0 Å². The summed E-state index contributed by atoms with van der Waals surface area (Å²) in [5.41, 5.74) is 6.74. The monoisotopic (exact) mass is 182 g/mol. The van der Waals surface area contributed by atoms with Crippen LogP contribution in [-0.4, -0.2) is 5.84 Å². The van der Waals surface area contributed by atoms with E-state index >= 15 is 0 Å². The SMILES string of the molecule is C=CN=C(N)/C(=C\C)CCC.CC. The van der Waals surface area contributed by atoms with Crippen molar-refractivity contribution in [2.75, 3.05) is 0 Å². The van der Waals surface area contributed by atoms with E-state index in [1.165, 1.54) is 6.20 Å². The zero-order chi connectivity index (χ0) is 10.7. The Kier molecular flexibility index (Phi) is 12.2. The van der Waals surface area contributed by atoms with Gasteiger partial charge in [-0.2, -0.15) is 0 Å². The molecule has 0 unspecified atom stereocenters. The van der Waals surface area contributed by atoms with Crippen LogP contribution in [0.1, 0.15) is 40.5 Å². The summed E-state index contributed by atoms with van der Waals surface area (Å²) in [6.45, 7) is 11.6. The highest BCUT2D eigenvalue weighted by Gasteiger charge is 1.97. The molecule has 0 saturated heterocycles. The topological polar surface area (TPSA) is 38.4 Å². The third kappa shape index (κ3) is 7.32. The van der Waals surface area contributed by atoms with Gasteiger partial charge >= 0.3 is 0 Å². The van der Waals surface area contributed by atoms with Crippen molar-refractivity contribution in [3.63, 3.8) is 0 Å². The number of hydrogen-bond acceptors (Lipinski definition) is 1. The van der Waals surface area contributed by atoms with E-state index in [0.717, 1.165) is 18.4 Å². The summed E-state index contributed by atoms with van der Waals surface area (Å²) < 4.78 is 0. The summed E-state index contributed by atoms with van der Waals surface area (Å²) in [5.74, 6) is 0.587. The van der Waals surface area contributed by atoms with Crippen molar-refractivity contribution >= 4 is 5.84 Å². The summed E-state index contributed by atoms with van der Waals surface area (Å²) in [4.78, 5) is 3.90. The van der Waals surface area contributed by atoms with Crippen LogP contribution in [0.3, 0.4) is 0 Å². The van der Waals surface area contributed by atoms with E-state index in [1.54, 1.807) is 0 Å². The van der Waals surface area contributed by atoms with Crippen molar-refractivity contribution in [1.82, 2.24) is 0 Å². The predicted octanol–water partition coefficient (Wildman–Crippen LogP) is 3.26. The molecule has 0 aliphatic carbocycles. The van der Waals surface area contributed by atoms with Crippen molar-refractivity contribution in [2.24, 2.45) is 10.7 Å². The van der Waals surface area contributed by atoms with Gasteiger partial charge in [-0.1, -0.05) is 39.8 Å². The molecule has 76 valence electrons. The van der Waals surface area contributed by atoms with Gasteiger partial charge in [0.25, 0.3) is 0 Å². The minimum atomic E-state index is 0.587. The Labute approximate surface area is 82.3 Å². The first-order chi connectivity index (χ1) is 6.26. The molecule has 0 spiro atoms. The Hall–Kier alpha value is -1.05. The molecule has 0 aromatic heterocycles. The van der Waals surface area contributed by atoms with Crippen LogP contribution in [0.25, 0.3) is 0 Å². The van der Waals surface area contributed by atoms with E-state index < -0.39 is 0 Å². The Morgan fingerprint density at radius 3 is 2.31 bits per heavy atom. The van der Waals surface area contributed by atoms with E-state index in [0.29, 0.717) is 5.84 Å². The van der Waals surface area contributed by atoms with Crippen molar-refractivity contribution in [2.45, 2.75) is 40.5 Å². The Balaban J connectivity index is 0. The van der Waals surface area contributed by atoms with Crippen molar-refractivity contribution in [3.05, 3.63) is 24.4 Å². The fourth-order valence-electron chi connectivity index (χ4n) is 0.871. The molecule has 0 radical (unpaired) electrons. The normalized spacial score (nSPS) is 11.7. The molecular weight excluding hydrogens is 160 g/mol. The minimum absolute atomic E-state index is 0.587. The lowest BCUT2D eigenvalue weighted by Gasteiger charge is -2.02. The molecule has 2 heteroatoms. The first kappa shape index (κ1) is 14.5. The number of rotatable bonds is 4. The third-order valence-corrected chi connectivity index (χ3v) is 1.43. The molecule has 0 aliphatic heterocycles. The Bertz CT molecular complexity index is 179. The largest absolute Gasteiger partial charge is 0.383 e. The molecular formula is C11H22N2. The number of aliphatic imine (C=N–C) groups is 1. The number of hydrogen-bond donors (Lipinski definition) is 1. The summed E-state index contributed by atoms with van der Waals surface area (Å²) in [7, 11) is 0. The van der Waals surface area contributed by atoms with Crippen LogP contribution in [-0.2, 0) is 0 Å². The molecule has 2 nitrogen and oxygen atoms in total. The molecule has 0 fully saturated rings. The fourth-order valence-corrected chi connectivity index (χ4v) is 0.871. The second-order valence-corrected chi connectivity index (χ2v) is 2.26. The third-order valence-electron chi connectivity index (χ3n) is 1.43. The number of nitrogens with zero attached hydrogens (tertiary/aromatic N) is 1. The van der Waals surface area contributed by atoms with Gasteiger partial charge in [-0.25, -0.2) is 4.99 Å². The summed E-state index contributed by atoms with van der Waals surface area (Å²) in [5, 5.41) is 0. The summed E-state index contributed by atoms with van der Waals surface area (Å²) >= 11 is 0. The number of amidine groups is 1. The van der Waals surface area contributed by atoms with Crippen LogP contribution < -0.4 is 5.73 Å². The maximum absolute atomic E-state index is 5.64.